The van der Waals surface area contributed by atoms with E-state index < -0.39 is 6.09 Å². The molecule has 0 unspecified atom stereocenters. The van der Waals surface area contributed by atoms with Crippen LogP contribution in [-0.2, 0) is 21.0 Å². The van der Waals surface area contributed by atoms with Gasteiger partial charge in [-0.1, -0.05) is 0 Å². The zero-order valence-electron chi connectivity index (χ0n) is 3.88. The summed E-state index contributed by atoms with van der Waals surface area (Å²) < 4.78 is 6.43. The molecule has 0 aliphatic heterocycles. The standard InChI is InChI=1S/C3H7NO2.Fe/c1-2-6-3(4)5;/h2H2,1H3,(H2,4,5);/q;+1/p-1. The topological polar surface area (TPSA) is 38.3 Å². The van der Waals surface area contributed by atoms with Gasteiger partial charge in [-0.05, 0) is 0 Å². The van der Waals surface area contributed by atoms with E-state index in [2.05, 4.69) is 25.3 Å². The Hall–Kier alpha value is -0.211. The van der Waals surface area contributed by atoms with Gasteiger partial charge in [0, 0.05) is 0 Å². The summed E-state index contributed by atoms with van der Waals surface area (Å²) in [6, 6.07) is 0. The molecule has 4 heteroatoms. The van der Waals surface area contributed by atoms with Crippen LogP contribution in [0.2, 0.25) is 0 Å². The average molecular weight is 144 g/mol. The molecule has 0 atom stereocenters. The minimum atomic E-state index is -0.484. The van der Waals surface area contributed by atoms with Gasteiger partial charge in [0.2, 0.25) is 0 Å². The van der Waals surface area contributed by atoms with Gasteiger partial charge in [0.1, 0.15) is 0 Å². The van der Waals surface area contributed by atoms with Crippen molar-refractivity contribution in [3.05, 3.63) is 0 Å². The molecule has 0 saturated carbocycles. The Morgan fingerprint density at radius 1 is 2.00 bits per heavy atom. The molecular formula is C3H6FeNO2. The van der Waals surface area contributed by atoms with Crippen LogP contribution < -0.4 is 4.33 Å². The van der Waals surface area contributed by atoms with Gasteiger partial charge < -0.3 is 0 Å². The molecule has 0 aromatic carbocycles. The number of rotatable bonds is 1. The number of amides is 1. The maximum absolute atomic E-state index is 10.0. The molecule has 0 saturated heterocycles. The molecule has 0 rings (SSSR count). The quantitative estimate of drug-likeness (QED) is 0.533. The molecule has 3 nitrogen and oxygen atoms in total. The second-order valence-corrected chi connectivity index (χ2v) is 1.08. The van der Waals surface area contributed by atoms with Gasteiger partial charge in [-0.3, -0.25) is 0 Å². The van der Waals surface area contributed by atoms with Crippen molar-refractivity contribution in [3.63, 3.8) is 0 Å². The number of nitrogens with one attached hydrogen (secondary N) is 1. The first-order valence-corrected chi connectivity index (χ1v) is 2.38. The fraction of sp³-hybridized carbons (Fsp3) is 0.667. The van der Waals surface area contributed by atoms with Crippen LogP contribution in [0.3, 0.4) is 0 Å². The molecule has 1 amide bonds. The van der Waals surface area contributed by atoms with E-state index in [1.54, 1.807) is 6.92 Å². The SMILES string of the molecule is CCOC(=O)[NH][Fe]. The van der Waals surface area contributed by atoms with Crippen molar-refractivity contribution < 1.29 is 25.8 Å². The summed E-state index contributed by atoms with van der Waals surface area (Å²) in [5, 5.41) is 0. The summed E-state index contributed by atoms with van der Waals surface area (Å²) in [5.41, 5.74) is 0. The molecule has 7 heavy (non-hydrogen) atoms. The van der Waals surface area contributed by atoms with Gasteiger partial charge in [-0.15, -0.1) is 0 Å². The third-order valence-corrected chi connectivity index (χ3v) is 0.573. The van der Waals surface area contributed by atoms with Gasteiger partial charge in [-0.2, -0.15) is 0 Å². The van der Waals surface area contributed by atoms with E-state index in [1.807, 2.05) is 0 Å². The molecule has 0 heterocycles. The molecule has 0 aromatic rings. The van der Waals surface area contributed by atoms with Crippen molar-refractivity contribution in [1.29, 1.82) is 0 Å². The van der Waals surface area contributed by atoms with E-state index >= 15 is 0 Å². The average Bonchev–Trinajstić information content (AvgIpc) is 1.68. The summed E-state index contributed by atoms with van der Waals surface area (Å²) in [4.78, 5) is 10.0. The molecule has 0 aliphatic carbocycles. The van der Waals surface area contributed by atoms with Crippen LogP contribution in [0.5, 0.6) is 0 Å². The van der Waals surface area contributed by atoms with E-state index in [9.17, 15) is 4.79 Å². The third kappa shape index (κ3) is 3.62. The van der Waals surface area contributed by atoms with Crippen LogP contribution in [0, 0.1) is 0 Å². The second kappa shape index (κ2) is 3.96. The summed E-state index contributed by atoms with van der Waals surface area (Å²) in [7, 11) is 0. The first-order valence-electron chi connectivity index (χ1n) is 1.83. The zero-order chi connectivity index (χ0) is 5.70. The molecule has 43 valence electrons. The van der Waals surface area contributed by atoms with Gasteiger partial charge in [0.25, 0.3) is 0 Å². The van der Waals surface area contributed by atoms with Crippen LogP contribution in [0.25, 0.3) is 0 Å². The van der Waals surface area contributed by atoms with Crippen molar-refractivity contribution >= 4 is 6.09 Å². The van der Waals surface area contributed by atoms with E-state index in [1.165, 1.54) is 0 Å². The number of ether oxygens (including phenoxy) is 1. The predicted octanol–water partition coefficient (Wildman–Crippen LogP) is 0.194. The van der Waals surface area contributed by atoms with Crippen LogP contribution in [0.4, 0.5) is 4.79 Å². The molecule has 0 aliphatic rings. The molecule has 0 radical (unpaired) electrons. The Kier molecular flexibility index (Phi) is 3.84. The van der Waals surface area contributed by atoms with Crippen molar-refractivity contribution in [2.75, 3.05) is 6.61 Å². The van der Waals surface area contributed by atoms with Crippen LogP contribution in [0.1, 0.15) is 6.92 Å². The van der Waals surface area contributed by atoms with E-state index in [-0.39, 0.29) is 0 Å². The van der Waals surface area contributed by atoms with E-state index in [4.69, 9.17) is 0 Å². The zero-order valence-corrected chi connectivity index (χ0v) is 4.98. The number of carbonyl (C=O) groups is 1. The minimum absolute atomic E-state index is 0.390. The van der Waals surface area contributed by atoms with Crippen molar-refractivity contribution in [2.24, 2.45) is 0 Å². The van der Waals surface area contributed by atoms with Crippen molar-refractivity contribution in [1.82, 2.24) is 4.33 Å². The molecule has 0 fully saturated rings. The molecule has 1 N–H and O–H groups in total. The Labute approximate surface area is 50.4 Å². The number of hydrogen-bond acceptors (Lipinski definition) is 2. The first-order chi connectivity index (χ1) is 3.31. The first kappa shape index (κ1) is 6.79. The monoisotopic (exact) mass is 144 g/mol. The molecule has 0 aromatic heterocycles. The van der Waals surface area contributed by atoms with Crippen molar-refractivity contribution in [3.8, 4) is 0 Å². The fourth-order valence-electron chi connectivity index (χ4n) is 0.157. The van der Waals surface area contributed by atoms with Crippen LogP contribution >= 0.6 is 0 Å². The second-order valence-electron chi connectivity index (χ2n) is 0.809. The van der Waals surface area contributed by atoms with E-state index in [0.717, 1.165) is 0 Å². The Morgan fingerprint density at radius 2 is 2.57 bits per heavy atom. The van der Waals surface area contributed by atoms with Gasteiger partial charge in [0.05, 0.1) is 0 Å². The number of carbonyl (C=O) groups excluding carboxylic acids is 1. The van der Waals surface area contributed by atoms with Gasteiger partial charge >= 0.3 is 49.7 Å². The van der Waals surface area contributed by atoms with Gasteiger partial charge in [0.15, 0.2) is 0 Å². The molecular weight excluding hydrogens is 138 g/mol. The Morgan fingerprint density at radius 3 is 2.71 bits per heavy atom. The summed E-state index contributed by atoms with van der Waals surface area (Å²) in [6.45, 7) is 2.12. The predicted molar refractivity (Wildman–Crippen MR) is 20.2 cm³/mol. The van der Waals surface area contributed by atoms with Crippen molar-refractivity contribution in [2.45, 2.75) is 6.92 Å². The summed E-state index contributed by atoms with van der Waals surface area (Å²) >= 11 is 3.08. The van der Waals surface area contributed by atoms with E-state index in [0.29, 0.717) is 6.61 Å². The maximum atomic E-state index is 10.0. The van der Waals surface area contributed by atoms with Crippen LogP contribution in [-0.4, -0.2) is 12.7 Å². The number of hydrogen-bond donors (Lipinski definition) is 1. The summed E-state index contributed by atoms with van der Waals surface area (Å²) in [6.07, 6.45) is -0.484. The Bertz CT molecular complexity index is 66.0. The van der Waals surface area contributed by atoms with Crippen LogP contribution in [0.15, 0.2) is 0 Å². The normalized spacial score (nSPS) is 7.71. The molecule has 0 spiro atoms. The Balaban J connectivity index is 3.00. The fourth-order valence-corrected chi connectivity index (χ4v) is 0.236. The molecule has 0 bridgehead atoms. The summed E-state index contributed by atoms with van der Waals surface area (Å²) in [5.74, 6) is 0. The third-order valence-electron chi connectivity index (χ3n) is 0.348. The van der Waals surface area contributed by atoms with Gasteiger partial charge in [-0.25, -0.2) is 0 Å².